The minimum absolute atomic E-state index is 0.213. The highest BCUT2D eigenvalue weighted by atomic mass is 16.5. The second-order valence-corrected chi connectivity index (χ2v) is 6.33. The van der Waals surface area contributed by atoms with E-state index in [1.54, 1.807) is 0 Å². The second kappa shape index (κ2) is 8.49. The first-order valence-electron chi connectivity index (χ1n) is 8.59. The van der Waals surface area contributed by atoms with Gasteiger partial charge in [-0.15, -0.1) is 0 Å². The topological polar surface area (TPSA) is 49.8 Å². The zero-order valence-electron chi connectivity index (χ0n) is 14.2. The Morgan fingerprint density at radius 2 is 1.92 bits per heavy atom. The van der Waals surface area contributed by atoms with Gasteiger partial charge in [0.15, 0.2) is 0 Å². The average molecular weight is 337 g/mol. The summed E-state index contributed by atoms with van der Waals surface area (Å²) in [6.07, 6.45) is 4.90. The van der Waals surface area contributed by atoms with E-state index in [1.165, 1.54) is 0 Å². The summed E-state index contributed by atoms with van der Waals surface area (Å²) in [5.41, 5.74) is 2.26. The summed E-state index contributed by atoms with van der Waals surface area (Å²) in [4.78, 5) is 13.1. The van der Waals surface area contributed by atoms with Crippen molar-refractivity contribution in [2.45, 2.75) is 13.0 Å². The Hall–Kier alpha value is -2.59. The number of rotatable bonds is 7. The van der Waals surface area contributed by atoms with E-state index in [4.69, 9.17) is 9.84 Å². The molecular formula is C21H23NO3. The van der Waals surface area contributed by atoms with Crippen molar-refractivity contribution in [1.29, 1.82) is 0 Å². The number of hydrogen-bond acceptors (Lipinski definition) is 3. The number of carboxylic acids is 1. The number of ether oxygens (including phenoxy) is 1. The van der Waals surface area contributed by atoms with Gasteiger partial charge in [0.1, 0.15) is 12.4 Å². The lowest BCUT2D eigenvalue weighted by atomic mass is 10.1. The molecule has 4 nitrogen and oxygen atoms in total. The molecule has 1 unspecified atom stereocenters. The molecule has 1 heterocycles. The van der Waals surface area contributed by atoms with Crippen LogP contribution in [-0.2, 0) is 11.4 Å². The quantitative estimate of drug-likeness (QED) is 0.837. The summed E-state index contributed by atoms with van der Waals surface area (Å²) >= 11 is 0. The van der Waals surface area contributed by atoms with Crippen molar-refractivity contribution in [3.63, 3.8) is 0 Å². The third-order valence-electron chi connectivity index (χ3n) is 4.42. The zero-order valence-corrected chi connectivity index (χ0v) is 14.2. The predicted molar refractivity (Wildman–Crippen MR) is 98.4 cm³/mol. The molecule has 1 aliphatic rings. The number of carboxylic acid groups (broad SMARTS) is 1. The minimum Gasteiger partial charge on any atom is -0.489 e. The van der Waals surface area contributed by atoms with Crippen LogP contribution < -0.4 is 4.74 Å². The Labute approximate surface area is 148 Å². The van der Waals surface area contributed by atoms with E-state index < -0.39 is 5.97 Å². The lowest BCUT2D eigenvalue weighted by Crippen LogP contribution is -2.23. The summed E-state index contributed by atoms with van der Waals surface area (Å²) in [7, 11) is 0. The van der Waals surface area contributed by atoms with Crippen molar-refractivity contribution in [3.05, 3.63) is 71.8 Å². The Morgan fingerprint density at radius 3 is 2.60 bits per heavy atom. The fourth-order valence-electron chi connectivity index (χ4n) is 2.95. The van der Waals surface area contributed by atoms with Gasteiger partial charge in [-0.05, 0) is 36.2 Å². The molecular weight excluding hydrogens is 314 g/mol. The van der Waals surface area contributed by atoms with Crippen molar-refractivity contribution < 1.29 is 14.6 Å². The van der Waals surface area contributed by atoms with Gasteiger partial charge in [0, 0.05) is 13.1 Å². The highest BCUT2D eigenvalue weighted by molar-refractivity contribution is 5.70. The maximum atomic E-state index is 11.0. The standard InChI is InChI=1S/C21H23NO3/c23-21(24)19-12-14-22(15-19)13-4-7-17-8-10-20(11-9-17)25-16-18-5-2-1-3-6-18/h1-11,19H,12-16H2,(H,23,24)/b7-4+. The number of carbonyl (C=O) groups is 1. The van der Waals surface area contributed by atoms with Crippen molar-refractivity contribution in [3.8, 4) is 5.75 Å². The highest BCUT2D eigenvalue weighted by Crippen LogP contribution is 2.17. The van der Waals surface area contributed by atoms with Crippen LogP contribution in [0, 0.1) is 5.92 Å². The van der Waals surface area contributed by atoms with Gasteiger partial charge in [-0.1, -0.05) is 54.6 Å². The molecule has 0 amide bonds. The highest BCUT2D eigenvalue weighted by Gasteiger charge is 2.26. The molecule has 1 atom stereocenters. The van der Waals surface area contributed by atoms with Crippen molar-refractivity contribution in [2.24, 2.45) is 5.92 Å². The van der Waals surface area contributed by atoms with E-state index in [9.17, 15) is 4.79 Å². The third-order valence-corrected chi connectivity index (χ3v) is 4.42. The normalized spacial score (nSPS) is 17.8. The first kappa shape index (κ1) is 17.2. The molecule has 0 bridgehead atoms. The molecule has 0 radical (unpaired) electrons. The van der Waals surface area contributed by atoms with Gasteiger partial charge in [-0.3, -0.25) is 9.69 Å². The van der Waals surface area contributed by atoms with E-state index in [0.717, 1.165) is 36.4 Å². The van der Waals surface area contributed by atoms with Gasteiger partial charge in [0.05, 0.1) is 5.92 Å². The summed E-state index contributed by atoms with van der Waals surface area (Å²) in [6.45, 7) is 2.85. The summed E-state index contributed by atoms with van der Waals surface area (Å²) < 4.78 is 5.78. The van der Waals surface area contributed by atoms with Gasteiger partial charge in [0.25, 0.3) is 0 Å². The molecule has 2 aromatic carbocycles. The van der Waals surface area contributed by atoms with E-state index in [2.05, 4.69) is 17.1 Å². The van der Waals surface area contributed by atoms with Crippen LogP contribution in [-0.4, -0.2) is 35.6 Å². The molecule has 3 rings (SSSR count). The van der Waals surface area contributed by atoms with Crippen LogP contribution in [0.25, 0.3) is 6.08 Å². The Balaban J connectivity index is 1.45. The van der Waals surface area contributed by atoms with Crippen LogP contribution >= 0.6 is 0 Å². The summed E-state index contributed by atoms with van der Waals surface area (Å²) in [5, 5.41) is 9.02. The monoisotopic (exact) mass is 337 g/mol. The van der Waals surface area contributed by atoms with Crippen molar-refractivity contribution >= 4 is 12.0 Å². The Kier molecular flexibility index (Phi) is 5.86. The Morgan fingerprint density at radius 1 is 1.16 bits per heavy atom. The van der Waals surface area contributed by atoms with Crippen LogP contribution in [0.1, 0.15) is 17.5 Å². The number of benzene rings is 2. The van der Waals surface area contributed by atoms with E-state index in [1.807, 2.05) is 54.6 Å². The summed E-state index contributed by atoms with van der Waals surface area (Å²) in [5.74, 6) is -0.0446. The lowest BCUT2D eigenvalue weighted by molar-refractivity contribution is -0.141. The van der Waals surface area contributed by atoms with Crippen LogP contribution in [0.2, 0.25) is 0 Å². The van der Waals surface area contributed by atoms with Crippen molar-refractivity contribution in [1.82, 2.24) is 4.90 Å². The molecule has 0 saturated carbocycles. The van der Waals surface area contributed by atoms with Gasteiger partial charge in [0.2, 0.25) is 0 Å². The molecule has 1 N–H and O–H groups in total. The Bertz CT molecular complexity index is 710. The van der Waals surface area contributed by atoms with Crippen molar-refractivity contribution in [2.75, 3.05) is 19.6 Å². The molecule has 0 aliphatic carbocycles. The largest absolute Gasteiger partial charge is 0.489 e. The molecule has 25 heavy (non-hydrogen) atoms. The van der Waals surface area contributed by atoms with E-state index in [-0.39, 0.29) is 5.92 Å². The first-order chi connectivity index (χ1) is 12.2. The molecule has 0 spiro atoms. The fourth-order valence-corrected chi connectivity index (χ4v) is 2.95. The molecule has 1 saturated heterocycles. The third kappa shape index (κ3) is 5.19. The molecule has 1 aliphatic heterocycles. The van der Waals surface area contributed by atoms with E-state index in [0.29, 0.717) is 13.2 Å². The number of aliphatic carboxylic acids is 1. The van der Waals surface area contributed by atoms with Crippen LogP contribution in [0.4, 0.5) is 0 Å². The average Bonchev–Trinajstić information content (AvgIpc) is 3.11. The molecule has 2 aromatic rings. The molecule has 1 fully saturated rings. The minimum atomic E-state index is -0.683. The maximum Gasteiger partial charge on any atom is 0.307 e. The molecule has 0 aromatic heterocycles. The van der Waals surface area contributed by atoms with Gasteiger partial charge < -0.3 is 9.84 Å². The second-order valence-electron chi connectivity index (χ2n) is 6.33. The first-order valence-corrected chi connectivity index (χ1v) is 8.59. The zero-order chi connectivity index (χ0) is 17.5. The number of hydrogen-bond donors (Lipinski definition) is 1. The van der Waals surface area contributed by atoms with Crippen LogP contribution in [0.5, 0.6) is 5.75 Å². The van der Waals surface area contributed by atoms with Gasteiger partial charge >= 0.3 is 5.97 Å². The summed E-state index contributed by atoms with van der Waals surface area (Å²) in [6, 6.07) is 18.1. The van der Waals surface area contributed by atoms with E-state index >= 15 is 0 Å². The lowest BCUT2D eigenvalue weighted by Gasteiger charge is -2.11. The SMILES string of the molecule is O=C(O)C1CCN(C/C=C/c2ccc(OCc3ccccc3)cc2)C1. The maximum absolute atomic E-state index is 11.0. The van der Waals surface area contributed by atoms with Crippen LogP contribution in [0.15, 0.2) is 60.7 Å². The van der Waals surface area contributed by atoms with Crippen LogP contribution in [0.3, 0.4) is 0 Å². The molecule has 130 valence electrons. The smallest absolute Gasteiger partial charge is 0.307 e. The predicted octanol–water partition coefficient (Wildman–Crippen LogP) is 3.69. The van der Waals surface area contributed by atoms with Gasteiger partial charge in [-0.2, -0.15) is 0 Å². The number of likely N-dealkylation sites (tertiary alicyclic amines) is 1. The van der Waals surface area contributed by atoms with Gasteiger partial charge in [-0.25, -0.2) is 0 Å². The number of nitrogens with zero attached hydrogens (tertiary/aromatic N) is 1. The molecule has 4 heteroatoms. The fraction of sp³-hybridized carbons (Fsp3) is 0.286.